The number of hydrogen-bond donors (Lipinski definition) is 0. The Labute approximate surface area is 296 Å². The molecule has 0 amide bonds. The largest absolute Gasteiger partial charge is 0.456 e. The molecule has 7 rings (SSSR count). The van der Waals surface area contributed by atoms with Gasteiger partial charge in [0.15, 0.2) is 0 Å². The van der Waals surface area contributed by atoms with Gasteiger partial charge in [0.2, 0.25) is 0 Å². The zero-order valence-electron chi connectivity index (χ0n) is 29.3. The Morgan fingerprint density at radius 1 is 0.560 bits per heavy atom. The minimum absolute atomic E-state index is 0.0243. The highest BCUT2D eigenvalue weighted by Gasteiger charge is 2.38. The van der Waals surface area contributed by atoms with Crippen LogP contribution in [0.1, 0.15) is 121 Å². The van der Waals surface area contributed by atoms with E-state index in [0.717, 1.165) is 64.5 Å². The van der Waals surface area contributed by atoms with Gasteiger partial charge in [-0.1, -0.05) is 104 Å². The fourth-order valence-corrected chi connectivity index (χ4v) is 8.42. The lowest BCUT2D eigenvalue weighted by atomic mass is 9.88. The Morgan fingerprint density at radius 3 is 1.44 bits per heavy atom. The number of pyridine rings is 1. The predicted molar refractivity (Wildman–Crippen MR) is 194 cm³/mol. The van der Waals surface area contributed by atoms with Gasteiger partial charge < -0.3 is 9.47 Å². The second-order valence-electron chi connectivity index (χ2n) is 14.3. The van der Waals surface area contributed by atoms with Crippen LogP contribution in [0.25, 0.3) is 0 Å². The van der Waals surface area contributed by atoms with Crippen molar-refractivity contribution in [2.45, 2.75) is 115 Å². The maximum atomic E-state index is 13.7. The van der Waals surface area contributed by atoms with Gasteiger partial charge in [0.05, 0.1) is 0 Å². The molecule has 3 aliphatic rings. The molecular weight excluding hydrogens is 622 g/mol. The Bertz CT molecular complexity index is 1630. The van der Waals surface area contributed by atoms with Gasteiger partial charge in [0, 0.05) is 37.3 Å². The molecule has 1 aliphatic heterocycles. The van der Waals surface area contributed by atoms with Crippen LogP contribution in [-0.4, -0.2) is 51.0 Å². The van der Waals surface area contributed by atoms with Gasteiger partial charge in [-0.3, -0.25) is 9.80 Å². The van der Waals surface area contributed by atoms with Crippen molar-refractivity contribution in [1.29, 1.82) is 0 Å². The average molecular weight is 672 g/mol. The SMILES string of the molecule is C[C@@H](c1ccccc1)N1Cc2cccc(c2)CN([C@@H](C)c2ccccc2)[C@@H]2CCCC[C@H]2OC(=O)c2cccc(n2)C(=O)O[C@@H]2CCCC[C@H]21. The Morgan fingerprint density at radius 2 is 0.980 bits per heavy atom. The van der Waals surface area contributed by atoms with Gasteiger partial charge in [-0.15, -0.1) is 0 Å². The van der Waals surface area contributed by atoms with Crippen molar-refractivity contribution in [2.24, 2.45) is 0 Å². The summed E-state index contributed by atoms with van der Waals surface area (Å²) >= 11 is 0. The monoisotopic (exact) mass is 671 g/mol. The van der Waals surface area contributed by atoms with Crippen LogP contribution in [0.15, 0.2) is 103 Å². The van der Waals surface area contributed by atoms with Crippen LogP contribution in [0, 0.1) is 0 Å². The second kappa shape index (κ2) is 15.7. The zero-order chi connectivity index (χ0) is 34.5. The molecule has 2 fully saturated rings. The number of hydrogen-bond acceptors (Lipinski definition) is 7. The number of nitrogens with zero attached hydrogens (tertiary/aromatic N) is 3. The molecule has 0 N–H and O–H groups in total. The van der Waals surface area contributed by atoms with Crippen molar-refractivity contribution in [3.05, 3.63) is 137 Å². The molecule has 7 nitrogen and oxygen atoms in total. The first-order valence-corrected chi connectivity index (χ1v) is 18.5. The molecule has 2 saturated carbocycles. The number of fused-ring (bicyclic) bond motifs is 6. The zero-order valence-corrected chi connectivity index (χ0v) is 29.3. The van der Waals surface area contributed by atoms with E-state index in [-0.39, 0.29) is 47.8 Å². The molecule has 0 radical (unpaired) electrons. The molecule has 3 aromatic carbocycles. The molecule has 50 heavy (non-hydrogen) atoms. The van der Waals surface area contributed by atoms with E-state index >= 15 is 0 Å². The smallest absolute Gasteiger partial charge is 0.357 e. The molecule has 1 aromatic heterocycles. The Hall–Kier alpha value is -4.33. The molecular formula is C43H49N3O4. The molecule has 6 atom stereocenters. The third kappa shape index (κ3) is 7.69. The van der Waals surface area contributed by atoms with Gasteiger partial charge in [0.25, 0.3) is 0 Å². The van der Waals surface area contributed by atoms with Crippen LogP contribution >= 0.6 is 0 Å². The molecule has 2 heterocycles. The molecule has 7 heteroatoms. The van der Waals surface area contributed by atoms with E-state index < -0.39 is 11.9 Å². The lowest BCUT2D eigenvalue weighted by Gasteiger charge is -2.43. The number of esters is 2. The highest BCUT2D eigenvalue weighted by atomic mass is 16.6. The molecule has 2 aliphatic carbocycles. The maximum Gasteiger partial charge on any atom is 0.357 e. The Balaban J connectivity index is 1.31. The van der Waals surface area contributed by atoms with Crippen LogP contribution in [0.5, 0.6) is 0 Å². The van der Waals surface area contributed by atoms with E-state index in [1.165, 1.54) is 22.3 Å². The molecule has 0 unspecified atom stereocenters. The highest BCUT2D eigenvalue weighted by molar-refractivity contribution is 5.91. The third-order valence-electron chi connectivity index (χ3n) is 11.2. The van der Waals surface area contributed by atoms with Gasteiger partial charge in [0.1, 0.15) is 23.6 Å². The van der Waals surface area contributed by atoms with Gasteiger partial charge in [-0.25, -0.2) is 14.6 Å². The minimum Gasteiger partial charge on any atom is -0.456 e. The van der Waals surface area contributed by atoms with Crippen LogP contribution < -0.4 is 0 Å². The predicted octanol–water partition coefficient (Wildman–Crippen LogP) is 8.86. The van der Waals surface area contributed by atoms with Gasteiger partial charge >= 0.3 is 11.9 Å². The second-order valence-corrected chi connectivity index (χ2v) is 14.3. The standard InChI is InChI=1S/C43H49N3O4/c1-30(34-17-5-3-6-18-34)45-28-32-15-13-16-33(27-32)29-46(31(2)35-19-7-4-8-20-35)39-24-10-12-26-41(39)50-43(48)37-22-14-21-36(44-37)42(47)49-40-25-11-9-23-38(40)45/h3-8,13-22,27,30-31,38-41H,9-12,23-26,28-29H2,1-2H3/t30-,31-,38+,39+,40+,41+/m0/s1. The number of rotatable bonds is 4. The minimum atomic E-state index is -0.495. The van der Waals surface area contributed by atoms with E-state index in [2.05, 4.69) is 114 Å². The third-order valence-corrected chi connectivity index (χ3v) is 11.2. The summed E-state index contributed by atoms with van der Waals surface area (Å²) < 4.78 is 12.6. The van der Waals surface area contributed by atoms with Crippen LogP contribution in [0.4, 0.5) is 0 Å². The van der Waals surface area contributed by atoms with E-state index in [0.29, 0.717) is 0 Å². The van der Waals surface area contributed by atoms with Crippen molar-refractivity contribution in [1.82, 2.24) is 14.8 Å². The van der Waals surface area contributed by atoms with Crippen molar-refractivity contribution in [3.63, 3.8) is 0 Å². The summed E-state index contributed by atoms with van der Waals surface area (Å²) in [7, 11) is 0. The topological polar surface area (TPSA) is 72.0 Å². The summed E-state index contributed by atoms with van der Waals surface area (Å²) in [6.45, 7) is 5.99. The molecule has 0 spiro atoms. The van der Waals surface area contributed by atoms with Crippen molar-refractivity contribution in [3.8, 4) is 0 Å². The molecule has 260 valence electrons. The van der Waals surface area contributed by atoms with E-state index in [9.17, 15) is 9.59 Å². The van der Waals surface area contributed by atoms with Gasteiger partial charge in [-0.2, -0.15) is 0 Å². The first-order valence-electron chi connectivity index (χ1n) is 18.5. The number of carbonyl (C=O) groups is 2. The quantitative estimate of drug-likeness (QED) is 0.201. The van der Waals surface area contributed by atoms with Gasteiger partial charge in [-0.05, 0) is 86.8 Å². The lowest BCUT2D eigenvalue weighted by Crippen LogP contribution is -2.48. The van der Waals surface area contributed by atoms with Crippen LogP contribution in [0.2, 0.25) is 0 Å². The number of benzene rings is 3. The summed E-state index contributed by atoms with van der Waals surface area (Å²) in [4.78, 5) is 37.1. The molecule has 4 aromatic rings. The fourth-order valence-electron chi connectivity index (χ4n) is 8.42. The van der Waals surface area contributed by atoms with E-state index in [1.807, 2.05) is 0 Å². The highest BCUT2D eigenvalue weighted by Crippen LogP contribution is 2.36. The van der Waals surface area contributed by atoms with Crippen LogP contribution in [-0.2, 0) is 22.6 Å². The molecule has 4 bridgehead atoms. The van der Waals surface area contributed by atoms with Crippen LogP contribution in [0.3, 0.4) is 0 Å². The number of aromatic nitrogens is 1. The number of ether oxygens (including phenoxy) is 2. The summed E-state index contributed by atoms with van der Waals surface area (Å²) in [5.74, 6) is -0.990. The van der Waals surface area contributed by atoms with Crippen molar-refractivity contribution < 1.29 is 19.1 Å². The average Bonchev–Trinajstić information content (AvgIpc) is 3.16. The Kier molecular flexibility index (Phi) is 10.7. The van der Waals surface area contributed by atoms with Crippen molar-refractivity contribution >= 4 is 11.9 Å². The summed E-state index contributed by atoms with van der Waals surface area (Å²) in [5, 5.41) is 0. The van der Waals surface area contributed by atoms with Crippen molar-refractivity contribution in [2.75, 3.05) is 0 Å². The first kappa shape index (κ1) is 34.1. The van der Waals surface area contributed by atoms with E-state index in [1.54, 1.807) is 18.2 Å². The fraction of sp³-hybridized carbons (Fsp3) is 0.419. The van der Waals surface area contributed by atoms with E-state index in [4.69, 9.17) is 9.47 Å². The molecule has 0 saturated heterocycles. The summed E-state index contributed by atoms with van der Waals surface area (Å²) in [6.07, 6.45) is 6.97. The maximum absolute atomic E-state index is 13.7. The lowest BCUT2D eigenvalue weighted by molar-refractivity contribution is -0.0321. The normalized spacial score (nSPS) is 25.1. The summed E-state index contributed by atoms with van der Waals surface area (Å²) in [6, 6.07) is 35.4. The summed E-state index contributed by atoms with van der Waals surface area (Å²) in [5.41, 5.74) is 5.21. The first-order chi connectivity index (χ1) is 24.4. The number of carbonyl (C=O) groups excluding carboxylic acids is 2.